The molecule has 1 atom stereocenters. The first kappa shape index (κ1) is 17.7. The van der Waals surface area contributed by atoms with E-state index in [2.05, 4.69) is 10.3 Å². The van der Waals surface area contributed by atoms with Gasteiger partial charge in [0, 0.05) is 11.4 Å². The molecular formula is C18H22N2O4. The third-order valence-electron chi connectivity index (χ3n) is 3.57. The van der Waals surface area contributed by atoms with Gasteiger partial charge in [-0.3, -0.25) is 4.79 Å². The van der Waals surface area contributed by atoms with Crippen molar-refractivity contribution in [3.8, 4) is 5.75 Å². The molecule has 6 nitrogen and oxygen atoms in total. The molecule has 24 heavy (non-hydrogen) atoms. The molecule has 1 aromatic heterocycles. The molecule has 2 aromatic rings. The van der Waals surface area contributed by atoms with E-state index in [1.165, 1.54) is 0 Å². The highest BCUT2D eigenvalue weighted by molar-refractivity contribution is 5.92. The summed E-state index contributed by atoms with van der Waals surface area (Å²) in [4.78, 5) is 28.0. The molecule has 1 unspecified atom stereocenters. The lowest BCUT2D eigenvalue weighted by Gasteiger charge is -2.12. The highest BCUT2D eigenvalue weighted by Crippen LogP contribution is 2.19. The number of rotatable bonds is 7. The summed E-state index contributed by atoms with van der Waals surface area (Å²) < 4.78 is 10.2. The van der Waals surface area contributed by atoms with Crippen molar-refractivity contribution >= 4 is 22.8 Å². The van der Waals surface area contributed by atoms with Gasteiger partial charge >= 0.3 is 5.97 Å². The molecule has 1 aromatic carbocycles. The number of amides is 1. The molecule has 0 saturated carbocycles. The van der Waals surface area contributed by atoms with Gasteiger partial charge in [-0.15, -0.1) is 0 Å². The predicted octanol–water partition coefficient (Wildman–Crippen LogP) is 2.71. The fraction of sp³-hybridized carbons (Fsp3) is 0.389. The number of ether oxygens (including phenoxy) is 2. The lowest BCUT2D eigenvalue weighted by atomic mass is 10.2. The maximum Gasteiger partial charge on any atom is 0.357 e. The Morgan fingerprint density at radius 2 is 2.04 bits per heavy atom. The van der Waals surface area contributed by atoms with Crippen LogP contribution in [0.3, 0.4) is 0 Å². The fourth-order valence-electron chi connectivity index (χ4n) is 2.37. The van der Waals surface area contributed by atoms with Gasteiger partial charge in [0.2, 0.25) is 0 Å². The SMILES string of the molecule is CCCC(C)NC(=O)COC(=O)c1ccc2cc(OC)ccc2n1. The summed E-state index contributed by atoms with van der Waals surface area (Å²) in [6.07, 6.45) is 1.86. The lowest BCUT2D eigenvalue weighted by Crippen LogP contribution is -2.35. The van der Waals surface area contributed by atoms with E-state index in [-0.39, 0.29) is 24.2 Å². The van der Waals surface area contributed by atoms with E-state index in [0.717, 1.165) is 24.0 Å². The molecule has 1 amide bonds. The van der Waals surface area contributed by atoms with Crippen molar-refractivity contribution in [1.82, 2.24) is 10.3 Å². The van der Waals surface area contributed by atoms with E-state index in [4.69, 9.17) is 9.47 Å². The number of esters is 1. The zero-order valence-electron chi connectivity index (χ0n) is 14.2. The van der Waals surface area contributed by atoms with Crippen molar-refractivity contribution in [2.45, 2.75) is 32.7 Å². The molecule has 128 valence electrons. The van der Waals surface area contributed by atoms with Gasteiger partial charge in [-0.25, -0.2) is 9.78 Å². The van der Waals surface area contributed by atoms with E-state index in [9.17, 15) is 9.59 Å². The molecule has 6 heteroatoms. The summed E-state index contributed by atoms with van der Waals surface area (Å²) in [5, 5.41) is 3.64. The number of methoxy groups -OCH3 is 1. The molecule has 0 fully saturated rings. The number of hydrogen-bond acceptors (Lipinski definition) is 5. The fourth-order valence-corrected chi connectivity index (χ4v) is 2.37. The molecule has 0 spiro atoms. The molecule has 1 heterocycles. The Kier molecular flexibility index (Phi) is 6.12. The first-order chi connectivity index (χ1) is 11.5. The third kappa shape index (κ3) is 4.68. The number of benzene rings is 1. The quantitative estimate of drug-likeness (QED) is 0.790. The van der Waals surface area contributed by atoms with E-state index in [1.54, 1.807) is 31.4 Å². The second-order valence-corrected chi connectivity index (χ2v) is 5.59. The monoisotopic (exact) mass is 330 g/mol. The standard InChI is InChI=1S/C18H22N2O4/c1-4-5-12(2)19-17(21)11-24-18(22)16-8-6-13-10-14(23-3)7-9-15(13)20-16/h6-10,12H,4-5,11H2,1-3H3,(H,19,21). The van der Waals surface area contributed by atoms with Crippen LogP contribution in [0.25, 0.3) is 10.9 Å². The van der Waals surface area contributed by atoms with Crippen LogP contribution in [-0.4, -0.2) is 36.6 Å². The van der Waals surface area contributed by atoms with Crippen molar-refractivity contribution in [3.63, 3.8) is 0 Å². The van der Waals surface area contributed by atoms with E-state index >= 15 is 0 Å². The van der Waals surface area contributed by atoms with Gasteiger partial charge in [0.05, 0.1) is 12.6 Å². The van der Waals surface area contributed by atoms with Gasteiger partial charge in [-0.1, -0.05) is 19.4 Å². The van der Waals surface area contributed by atoms with Crippen LogP contribution >= 0.6 is 0 Å². The topological polar surface area (TPSA) is 77.5 Å². The number of hydrogen-bond donors (Lipinski definition) is 1. The highest BCUT2D eigenvalue weighted by atomic mass is 16.5. The number of aromatic nitrogens is 1. The van der Waals surface area contributed by atoms with Crippen LogP contribution in [0.1, 0.15) is 37.2 Å². The van der Waals surface area contributed by atoms with Crippen LogP contribution in [0.5, 0.6) is 5.75 Å². The zero-order valence-corrected chi connectivity index (χ0v) is 14.2. The maximum atomic E-state index is 12.0. The molecular weight excluding hydrogens is 308 g/mol. The Bertz CT molecular complexity index is 730. The van der Waals surface area contributed by atoms with Crippen molar-refractivity contribution in [3.05, 3.63) is 36.0 Å². The summed E-state index contributed by atoms with van der Waals surface area (Å²) in [7, 11) is 1.59. The lowest BCUT2D eigenvalue weighted by molar-refractivity contribution is -0.124. The predicted molar refractivity (Wildman–Crippen MR) is 91.1 cm³/mol. The molecule has 0 radical (unpaired) electrons. The Hall–Kier alpha value is -2.63. The maximum absolute atomic E-state index is 12.0. The van der Waals surface area contributed by atoms with Crippen LogP contribution in [0.15, 0.2) is 30.3 Å². The summed E-state index contributed by atoms with van der Waals surface area (Å²) >= 11 is 0. The molecule has 0 aliphatic rings. The third-order valence-corrected chi connectivity index (χ3v) is 3.57. The number of carbonyl (C=O) groups excluding carboxylic acids is 2. The molecule has 0 saturated heterocycles. The molecule has 0 bridgehead atoms. The normalized spacial score (nSPS) is 11.8. The average molecular weight is 330 g/mol. The van der Waals surface area contributed by atoms with Crippen molar-refractivity contribution < 1.29 is 19.1 Å². The number of nitrogens with zero attached hydrogens (tertiary/aromatic N) is 1. The second kappa shape index (κ2) is 8.29. The van der Waals surface area contributed by atoms with Crippen LogP contribution in [-0.2, 0) is 9.53 Å². The molecule has 2 rings (SSSR count). The second-order valence-electron chi connectivity index (χ2n) is 5.59. The Morgan fingerprint density at radius 3 is 2.75 bits per heavy atom. The Labute approximate surface area is 141 Å². The van der Waals surface area contributed by atoms with E-state index in [1.807, 2.05) is 19.9 Å². The number of fused-ring (bicyclic) bond motifs is 1. The van der Waals surface area contributed by atoms with Crippen LogP contribution in [0.2, 0.25) is 0 Å². The molecule has 0 aliphatic carbocycles. The summed E-state index contributed by atoms with van der Waals surface area (Å²) in [5.74, 6) is -0.210. The minimum atomic E-state index is -0.619. The molecule has 1 N–H and O–H groups in total. The van der Waals surface area contributed by atoms with E-state index in [0.29, 0.717) is 5.52 Å². The highest BCUT2D eigenvalue weighted by Gasteiger charge is 2.13. The van der Waals surface area contributed by atoms with Gasteiger partial charge in [0.25, 0.3) is 5.91 Å². The average Bonchev–Trinajstić information content (AvgIpc) is 2.58. The van der Waals surface area contributed by atoms with Gasteiger partial charge in [-0.2, -0.15) is 0 Å². The van der Waals surface area contributed by atoms with Gasteiger partial charge in [-0.05, 0) is 37.6 Å². The van der Waals surface area contributed by atoms with Gasteiger partial charge in [0.15, 0.2) is 6.61 Å². The van der Waals surface area contributed by atoms with Crippen LogP contribution < -0.4 is 10.1 Å². The zero-order chi connectivity index (χ0) is 17.5. The summed E-state index contributed by atoms with van der Waals surface area (Å²) in [6.45, 7) is 3.65. The first-order valence-electron chi connectivity index (χ1n) is 7.94. The van der Waals surface area contributed by atoms with Crippen molar-refractivity contribution in [2.75, 3.05) is 13.7 Å². The minimum Gasteiger partial charge on any atom is -0.497 e. The Balaban J connectivity index is 1.97. The summed E-state index contributed by atoms with van der Waals surface area (Å²) in [6, 6.07) is 8.78. The smallest absolute Gasteiger partial charge is 0.357 e. The largest absolute Gasteiger partial charge is 0.497 e. The van der Waals surface area contributed by atoms with Gasteiger partial charge in [0.1, 0.15) is 11.4 Å². The number of carbonyl (C=O) groups is 2. The minimum absolute atomic E-state index is 0.0648. The first-order valence-corrected chi connectivity index (χ1v) is 7.94. The summed E-state index contributed by atoms with van der Waals surface area (Å²) in [5.41, 5.74) is 0.827. The molecule has 0 aliphatic heterocycles. The van der Waals surface area contributed by atoms with Crippen LogP contribution in [0.4, 0.5) is 0 Å². The number of pyridine rings is 1. The number of nitrogens with one attached hydrogen (secondary N) is 1. The van der Waals surface area contributed by atoms with Crippen molar-refractivity contribution in [1.29, 1.82) is 0 Å². The van der Waals surface area contributed by atoms with E-state index < -0.39 is 5.97 Å². The van der Waals surface area contributed by atoms with Crippen LogP contribution in [0, 0.1) is 0 Å². The Morgan fingerprint density at radius 1 is 1.25 bits per heavy atom. The van der Waals surface area contributed by atoms with Gasteiger partial charge < -0.3 is 14.8 Å². The van der Waals surface area contributed by atoms with Crippen molar-refractivity contribution in [2.24, 2.45) is 0 Å².